The molecule has 0 spiro atoms. The van der Waals surface area contributed by atoms with E-state index in [1.807, 2.05) is 24.3 Å². The van der Waals surface area contributed by atoms with Gasteiger partial charge in [-0.3, -0.25) is 9.69 Å². The van der Waals surface area contributed by atoms with Crippen LogP contribution in [0.1, 0.15) is 30.5 Å². The fraction of sp³-hybridized carbons (Fsp3) is 0.435. The summed E-state index contributed by atoms with van der Waals surface area (Å²) in [4.78, 5) is 14.4. The first-order valence-corrected chi connectivity index (χ1v) is 10.3. The Kier molecular flexibility index (Phi) is 7.56. The third-order valence-electron chi connectivity index (χ3n) is 5.06. The molecule has 0 aliphatic carbocycles. The van der Waals surface area contributed by atoms with Gasteiger partial charge in [0.15, 0.2) is 0 Å². The number of hydrogen-bond donors (Lipinski definition) is 2. The van der Waals surface area contributed by atoms with Crippen LogP contribution in [0.15, 0.2) is 48.5 Å². The summed E-state index contributed by atoms with van der Waals surface area (Å²) in [6.45, 7) is 7.07. The van der Waals surface area contributed by atoms with Crippen molar-refractivity contribution in [2.24, 2.45) is 0 Å². The first-order valence-electron chi connectivity index (χ1n) is 10.3. The van der Waals surface area contributed by atoms with Gasteiger partial charge in [0, 0.05) is 31.9 Å². The van der Waals surface area contributed by atoms with Crippen LogP contribution in [0.5, 0.6) is 0 Å². The highest BCUT2D eigenvalue weighted by molar-refractivity contribution is 5.80. The monoisotopic (exact) mass is 435 g/mol. The number of rotatable bonds is 7. The number of benzene rings is 2. The number of alkyl halides is 3. The molecule has 168 valence electrons. The molecule has 0 radical (unpaired) electrons. The third-order valence-corrected chi connectivity index (χ3v) is 5.06. The Balaban J connectivity index is 1.43. The van der Waals surface area contributed by atoms with Crippen LogP contribution in [0.25, 0.3) is 0 Å². The van der Waals surface area contributed by atoms with Crippen LogP contribution in [-0.2, 0) is 28.8 Å². The Morgan fingerprint density at radius 1 is 1.06 bits per heavy atom. The summed E-state index contributed by atoms with van der Waals surface area (Å²) in [6, 6.07) is 12.8. The van der Waals surface area contributed by atoms with Crippen molar-refractivity contribution in [1.29, 1.82) is 0 Å². The van der Waals surface area contributed by atoms with Crippen molar-refractivity contribution in [2.45, 2.75) is 45.3 Å². The molecule has 3 rings (SSSR count). The molecule has 1 fully saturated rings. The summed E-state index contributed by atoms with van der Waals surface area (Å²) in [5.74, 6) is -0.294. The zero-order valence-electron chi connectivity index (χ0n) is 17.7. The lowest BCUT2D eigenvalue weighted by Crippen LogP contribution is -2.44. The second-order valence-corrected chi connectivity index (χ2v) is 7.98. The molecule has 0 aromatic heterocycles. The summed E-state index contributed by atoms with van der Waals surface area (Å²) in [6.07, 6.45) is -3.96. The number of hydrogen-bond acceptors (Lipinski definition) is 4. The molecule has 0 bridgehead atoms. The molecule has 1 aliphatic rings. The number of amides is 1. The highest BCUT2D eigenvalue weighted by atomic mass is 19.4. The molecule has 8 heteroatoms. The Bertz CT molecular complexity index is 861. The van der Waals surface area contributed by atoms with Crippen molar-refractivity contribution < 1.29 is 22.7 Å². The second-order valence-electron chi connectivity index (χ2n) is 7.98. The number of nitrogens with one attached hydrogen (secondary N) is 2. The first kappa shape index (κ1) is 23.1. The number of ether oxygens (including phenoxy) is 1. The van der Waals surface area contributed by atoms with E-state index in [-0.39, 0.29) is 30.3 Å². The maximum atomic E-state index is 12.8. The number of nitrogens with zero attached hydrogens (tertiary/aromatic N) is 1. The van der Waals surface area contributed by atoms with Gasteiger partial charge in [-0.2, -0.15) is 13.2 Å². The van der Waals surface area contributed by atoms with Crippen molar-refractivity contribution in [2.75, 3.05) is 25.0 Å². The Morgan fingerprint density at radius 2 is 1.71 bits per heavy atom. The van der Waals surface area contributed by atoms with Gasteiger partial charge in [-0.05, 0) is 43.2 Å². The SMILES string of the molecule is CC1CN(Cc2ccc(CNC(=O)CNc3cccc(C(F)(F)F)c3)cc2)CC(C)O1. The van der Waals surface area contributed by atoms with Gasteiger partial charge in [0.2, 0.25) is 5.91 Å². The van der Waals surface area contributed by atoms with Gasteiger partial charge < -0.3 is 15.4 Å². The van der Waals surface area contributed by atoms with E-state index in [1.165, 1.54) is 17.7 Å². The van der Waals surface area contributed by atoms with Crippen LogP contribution in [0.2, 0.25) is 0 Å². The molecule has 1 aliphatic heterocycles. The zero-order valence-corrected chi connectivity index (χ0v) is 17.7. The van der Waals surface area contributed by atoms with Crippen molar-refractivity contribution in [3.63, 3.8) is 0 Å². The Labute approximate surface area is 180 Å². The van der Waals surface area contributed by atoms with E-state index in [0.717, 1.165) is 37.3 Å². The molecule has 2 aromatic rings. The van der Waals surface area contributed by atoms with E-state index in [4.69, 9.17) is 4.74 Å². The standard InChI is InChI=1S/C23H28F3N3O2/c1-16-13-29(14-17(2)31-16)15-19-8-6-18(7-9-19)11-28-22(30)12-27-21-5-3-4-20(10-21)23(24,25)26/h3-10,16-17,27H,11-15H2,1-2H3,(H,28,30). The van der Waals surface area contributed by atoms with Gasteiger partial charge in [-0.25, -0.2) is 0 Å². The zero-order chi connectivity index (χ0) is 22.4. The Hall–Kier alpha value is -2.58. The molecule has 0 saturated carbocycles. The van der Waals surface area contributed by atoms with Crippen LogP contribution in [-0.4, -0.2) is 42.6 Å². The molecule has 1 heterocycles. The van der Waals surface area contributed by atoms with Gasteiger partial charge >= 0.3 is 6.18 Å². The summed E-state index contributed by atoms with van der Waals surface area (Å²) < 4.78 is 44.0. The molecule has 2 unspecified atom stereocenters. The van der Waals surface area contributed by atoms with Crippen LogP contribution < -0.4 is 10.6 Å². The minimum Gasteiger partial charge on any atom is -0.376 e. The molecule has 2 atom stereocenters. The number of morpholine rings is 1. The predicted octanol–water partition coefficient (Wildman–Crippen LogP) is 4.04. The topological polar surface area (TPSA) is 53.6 Å². The summed E-state index contributed by atoms with van der Waals surface area (Å²) in [7, 11) is 0. The van der Waals surface area contributed by atoms with E-state index in [0.29, 0.717) is 6.54 Å². The number of halogens is 3. The highest BCUT2D eigenvalue weighted by Crippen LogP contribution is 2.30. The van der Waals surface area contributed by atoms with Gasteiger partial charge in [0.1, 0.15) is 0 Å². The van der Waals surface area contributed by atoms with E-state index in [2.05, 4.69) is 29.4 Å². The highest BCUT2D eigenvalue weighted by Gasteiger charge is 2.30. The molecule has 2 N–H and O–H groups in total. The van der Waals surface area contributed by atoms with Crippen LogP contribution in [0.4, 0.5) is 18.9 Å². The maximum absolute atomic E-state index is 12.8. The molecular weight excluding hydrogens is 407 g/mol. The number of anilines is 1. The minimum atomic E-state index is -4.41. The minimum absolute atomic E-state index is 0.104. The fourth-order valence-electron chi connectivity index (χ4n) is 3.69. The van der Waals surface area contributed by atoms with Gasteiger partial charge in [-0.15, -0.1) is 0 Å². The summed E-state index contributed by atoms with van der Waals surface area (Å²) in [5, 5.41) is 5.50. The van der Waals surface area contributed by atoms with Crippen molar-refractivity contribution in [3.05, 3.63) is 65.2 Å². The second kappa shape index (κ2) is 10.2. The normalized spacial score (nSPS) is 19.8. The van der Waals surface area contributed by atoms with Crippen LogP contribution in [0, 0.1) is 0 Å². The van der Waals surface area contributed by atoms with Crippen LogP contribution >= 0.6 is 0 Å². The number of carbonyl (C=O) groups excluding carboxylic acids is 1. The van der Waals surface area contributed by atoms with Gasteiger partial charge in [-0.1, -0.05) is 30.3 Å². The molecule has 1 saturated heterocycles. The van der Waals surface area contributed by atoms with Crippen LogP contribution in [0.3, 0.4) is 0 Å². The summed E-state index contributed by atoms with van der Waals surface area (Å²) >= 11 is 0. The third kappa shape index (κ3) is 7.25. The smallest absolute Gasteiger partial charge is 0.376 e. The van der Waals surface area contributed by atoms with Crippen molar-refractivity contribution in [1.82, 2.24) is 10.2 Å². The predicted molar refractivity (Wildman–Crippen MR) is 114 cm³/mol. The largest absolute Gasteiger partial charge is 0.416 e. The quantitative estimate of drug-likeness (QED) is 0.689. The lowest BCUT2D eigenvalue weighted by atomic mass is 10.1. The van der Waals surface area contributed by atoms with E-state index >= 15 is 0 Å². The average Bonchev–Trinajstić information content (AvgIpc) is 2.70. The average molecular weight is 435 g/mol. The van der Waals surface area contributed by atoms with Gasteiger partial charge in [0.25, 0.3) is 0 Å². The Morgan fingerprint density at radius 3 is 2.35 bits per heavy atom. The molecule has 2 aromatic carbocycles. The van der Waals surface area contributed by atoms with Gasteiger partial charge in [0.05, 0.1) is 24.3 Å². The van der Waals surface area contributed by atoms with Crippen molar-refractivity contribution in [3.8, 4) is 0 Å². The lowest BCUT2D eigenvalue weighted by Gasteiger charge is -2.35. The molecular formula is C23H28F3N3O2. The lowest BCUT2D eigenvalue weighted by molar-refractivity contribution is -0.137. The molecule has 1 amide bonds. The van der Waals surface area contributed by atoms with Crippen molar-refractivity contribution >= 4 is 11.6 Å². The van der Waals surface area contributed by atoms with E-state index in [1.54, 1.807) is 0 Å². The molecule has 31 heavy (non-hydrogen) atoms. The first-order chi connectivity index (χ1) is 14.7. The number of carbonyl (C=O) groups is 1. The van der Waals surface area contributed by atoms with E-state index < -0.39 is 11.7 Å². The van der Waals surface area contributed by atoms with E-state index in [9.17, 15) is 18.0 Å². The fourth-order valence-corrected chi connectivity index (χ4v) is 3.69. The maximum Gasteiger partial charge on any atom is 0.416 e. The molecule has 5 nitrogen and oxygen atoms in total. The summed E-state index contributed by atoms with van der Waals surface area (Å²) in [5.41, 5.74) is 1.66.